The zero-order valence-electron chi connectivity index (χ0n) is 13.8. The molecule has 0 aromatic heterocycles. The number of rotatable bonds is 5. The van der Waals surface area contributed by atoms with Gasteiger partial charge < -0.3 is 11.1 Å². The van der Waals surface area contributed by atoms with Crippen LogP contribution in [0.1, 0.15) is 30.2 Å². The van der Waals surface area contributed by atoms with Crippen molar-refractivity contribution in [2.75, 3.05) is 12.4 Å². The van der Waals surface area contributed by atoms with Crippen LogP contribution in [0.15, 0.2) is 48.5 Å². The molecule has 1 atom stereocenters. The van der Waals surface area contributed by atoms with Gasteiger partial charge in [-0.2, -0.15) is 0 Å². The molecule has 0 amide bonds. The first-order valence-electron chi connectivity index (χ1n) is 7.62. The van der Waals surface area contributed by atoms with Crippen molar-refractivity contribution in [3.05, 3.63) is 64.7 Å². The second-order valence-electron chi connectivity index (χ2n) is 4.64. The second-order valence-corrected chi connectivity index (χ2v) is 6.32. The number of anilines is 1. The Labute approximate surface area is 148 Å². The fourth-order valence-electron chi connectivity index (χ4n) is 2.22. The normalized spacial score (nSPS) is 11.1. The lowest BCUT2D eigenvalue weighted by Gasteiger charge is -2.20. The van der Waals surface area contributed by atoms with Crippen molar-refractivity contribution in [1.29, 1.82) is 5.41 Å². The molecular weight excluding hydrogens is 326 g/mol. The molecule has 0 aliphatic heterocycles. The lowest BCUT2D eigenvalue weighted by molar-refractivity contribution is 0.937. The monoisotopic (exact) mass is 349 g/mol. The summed E-state index contributed by atoms with van der Waals surface area (Å²) in [4.78, 5) is 0. The number of hydrogen-bond donors (Lipinski definition) is 3. The van der Waals surface area contributed by atoms with Crippen molar-refractivity contribution >= 4 is 34.2 Å². The Morgan fingerprint density at radius 3 is 2.43 bits per heavy atom. The van der Waals surface area contributed by atoms with Crippen LogP contribution >= 0.6 is 23.4 Å². The van der Waals surface area contributed by atoms with E-state index >= 15 is 0 Å². The summed E-state index contributed by atoms with van der Waals surface area (Å²) in [5, 5.41) is 11.7. The van der Waals surface area contributed by atoms with Crippen LogP contribution in [0.3, 0.4) is 0 Å². The first-order valence-corrected chi connectivity index (χ1v) is 8.87. The van der Waals surface area contributed by atoms with Gasteiger partial charge in [-0.25, -0.2) is 0 Å². The van der Waals surface area contributed by atoms with Crippen molar-refractivity contribution in [1.82, 2.24) is 0 Å². The number of amidine groups is 1. The molecule has 0 aliphatic carbocycles. The van der Waals surface area contributed by atoms with E-state index in [1.807, 2.05) is 57.3 Å². The molecule has 5 heteroatoms. The Morgan fingerprint density at radius 2 is 1.87 bits per heavy atom. The summed E-state index contributed by atoms with van der Waals surface area (Å²) < 4.78 is 0. The van der Waals surface area contributed by atoms with Crippen LogP contribution in [0.25, 0.3) is 0 Å². The molecule has 2 aromatic rings. The van der Waals surface area contributed by atoms with E-state index in [4.69, 9.17) is 22.7 Å². The first-order chi connectivity index (χ1) is 11.1. The van der Waals surface area contributed by atoms with E-state index in [0.717, 1.165) is 17.7 Å². The molecule has 0 heterocycles. The Hall–Kier alpha value is -1.65. The fourth-order valence-corrected chi connectivity index (χ4v) is 3.31. The van der Waals surface area contributed by atoms with Crippen molar-refractivity contribution in [2.24, 2.45) is 5.73 Å². The molecular formula is C18H24ClN3S. The van der Waals surface area contributed by atoms with Crippen LogP contribution < -0.4 is 11.1 Å². The van der Waals surface area contributed by atoms with Crippen LogP contribution in [-0.2, 0) is 6.42 Å². The number of nitrogens with two attached hydrogens (primary N) is 1. The van der Waals surface area contributed by atoms with Gasteiger partial charge in [0.2, 0.25) is 0 Å². The van der Waals surface area contributed by atoms with Crippen LogP contribution in [-0.4, -0.2) is 12.2 Å². The number of nitrogens with one attached hydrogen (secondary N) is 2. The van der Waals surface area contributed by atoms with E-state index in [0.29, 0.717) is 5.02 Å². The maximum Gasteiger partial charge on any atom is 0.151 e. The number of thioether (sulfide) groups is 1. The third-order valence-corrected chi connectivity index (χ3v) is 4.36. The lowest BCUT2D eigenvalue weighted by atomic mass is 10.0. The smallest absolute Gasteiger partial charge is 0.151 e. The number of hydrogen-bond acceptors (Lipinski definition) is 3. The van der Waals surface area contributed by atoms with Gasteiger partial charge in [0.25, 0.3) is 0 Å². The summed E-state index contributed by atoms with van der Waals surface area (Å²) in [6.07, 6.45) is 0.807. The first kappa shape index (κ1) is 19.4. The molecule has 2 rings (SSSR count). The fraction of sp³-hybridized carbons (Fsp3) is 0.278. The van der Waals surface area contributed by atoms with Gasteiger partial charge in [0.05, 0.1) is 0 Å². The summed E-state index contributed by atoms with van der Waals surface area (Å²) >= 11 is 7.41. The molecule has 0 radical (unpaired) electrons. The molecule has 124 valence electrons. The minimum Gasteiger partial charge on any atom is -0.388 e. The summed E-state index contributed by atoms with van der Waals surface area (Å²) in [5.41, 5.74) is 8.89. The SMILES string of the molecule is CC.CNc1cc(Cl)ccc1C(Cc1ccccc1)SC(=N)N. The Morgan fingerprint density at radius 1 is 1.22 bits per heavy atom. The Bertz CT molecular complexity index is 617. The van der Waals surface area contributed by atoms with Crippen molar-refractivity contribution in [3.63, 3.8) is 0 Å². The van der Waals surface area contributed by atoms with Gasteiger partial charge in [0.15, 0.2) is 5.17 Å². The summed E-state index contributed by atoms with van der Waals surface area (Å²) in [7, 11) is 1.87. The molecule has 1 unspecified atom stereocenters. The zero-order chi connectivity index (χ0) is 17.2. The maximum atomic E-state index is 7.60. The van der Waals surface area contributed by atoms with E-state index in [2.05, 4.69) is 17.4 Å². The highest BCUT2D eigenvalue weighted by Gasteiger charge is 2.18. The van der Waals surface area contributed by atoms with Crippen molar-refractivity contribution < 1.29 is 0 Å². The molecule has 0 saturated carbocycles. The van der Waals surface area contributed by atoms with Crippen LogP contribution in [0, 0.1) is 5.41 Å². The molecule has 0 bridgehead atoms. The standard InChI is InChI=1S/C16H18ClN3S.C2H6/c1-20-14-10-12(17)7-8-13(14)15(21-16(18)19)9-11-5-3-2-4-6-11;1-2/h2-8,10,15,20H,9H2,1H3,(H3,18,19);1-2H3. The van der Waals surface area contributed by atoms with Gasteiger partial charge in [0.1, 0.15) is 0 Å². The molecule has 0 aliphatic rings. The third kappa shape index (κ3) is 6.16. The summed E-state index contributed by atoms with van der Waals surface area (Å²) in [5.74, 6) is 0. The minimum atomic E-state index is 0.0737. The lowest BCUT2D eigenvalue weighted by Crippen LogP contribution is -2.11. The van der Waals surface area contributed by atoms with Crippen molar-refractivity contribution in [3.8, 4) is 0 Å². The molecule has 0 saturated heterocycles. The molecule has 2 aromatic carbocycles. The van der Waals surface area contributed by atoms with E-state index < -0.39 is 0 Å². The summed E-state index contributed by atoms with van der Waals surface area (Å²) in [6, 6.07) is 16.0. The van der Waals surface area contributed by atoms with E-state index in [1.165, 1.54) is 17.3 Å². The van der Waals surface area contributed by atoms with E-state index in [-0.39, 0.29) is 10.4 Å². The molecule has 4 N–H and O–H groups in total. The largest absolute Gasteiger partial charge is 0.388 e. The third-order valence-electron chi connectivity index (χ3n) is 3.16. The predicted octanol–water partition coefficient (Wildman–Crippen LogP) is 5.32. The quantitative estimate of drug-likeness (QED) is 0.505. The highest BCUT2D eigenvalue weighted by molar-refractivity contribution is 8.13. The average molecular weight is 350 g/mol. The molecule has 23 heavy (non-hydrogen) atoms. The van der Waals surface area contributed by atoms with Gasteiger partial charge in [-0.1, -0.05) is 73.6 Å². The Kier molecular flexibility index (Phi) is 8.59. The highest BCUT2D eigenvalue weighted by Crippen LogP contribution is 2.37. The van der Waals surface area contributed by atoms with Crippen LogP contribution in [0.4, 0.5) is 5.69 Å². The van der Waals surface area contributed by atoms with Gasteiger partial charge in [-0.05, 0) is 29.7 Å². The minimum absolute atomic E-state index is 0.0737. The number of halogens is 1. The molecule has 0 spiro atoms. The Balaban J connectivity index is 0.00000127. The zero-order valence-corrected chi connectivity index (χ0v) is 15.3. The maximum absolute atomic E-state index is 7.60. The van der Waals surface area contributed by atoms with Gasteiger partial charge in [-0.15, -0.1) is 0 Å². The average Bonchev–Trinajstić information content (AvgIpc) is 2.56. The van der Waals surface area contributed by atoms with Crippen LogP contribution in [0.5, 0.6) is 0 Å². The van der Waals surface area contributed by atoms with E-state index in [1.54, 1.807) is 0 Å². The predicted molar refractivity (Wildman–Crippen MR) is 105 cm³/mol. The molecule has 0 fully saturated rings. The van der Waals surface area contributed by atoms with Gasteiger partial charge >= 0.3 is 0 Å². The highest BCUT2D eigenvalue weighted by atomic mass is 35.5. The van der Waals surface area contributed by atoms with Crippen LogP contribution in [0.2, 0.25) is 5.02 Å². The topological polar surface area (TPSA) is 61.9 Å². The number of benzene rings is 2. The summed E-state index contributed by atoms with van der Waals surface area (Å²) in [6.45, 7) is 4.00. The van der Waals surface area contributed by atoms with Gasteiger partial charge in [0, 0.05) is 23.0 Å². The van der Waals surface area contributed by atoms with E-state index in [9.17, 15) is 0 Å². The second kappa shape index (κ2) is 10.2. The van der Waals surface area contributed by atoms with Crippen molar-refractivity contribution in [2.45, 2.75) is 25.5 Å². The molecule has 3 nitrogen and oxygen atoms in total. The van der Waals surface area contributed by atoms with Gasteiger partial charge in [-0.3, -0.25) is 5.41 Å².